The van der Waals surface area contributed by atoms with Crippen LogP contribution in [0.4, 0.5) is 0 Å². The van der Waals surface area contributed by atoms with E-state index in [9.17, 15) is 4.79 Å². The molecule has 1 aromatic heterocycles. The number of nitrogens with zero attached hydrogens (tertiary/aromatic N) is 3. The van der Waals surface area contributed by atoms with Crippen molar-refractivity contribution in [1.82, 2.24) is 14.7 Å². The van der Waals surface area contributed by atoms with E-state index in [1.807, 2.05) is 32.7 Å². The van der Waals surface area contributed by atoms with Gasteiger partial charge in [-0.05, 0) is 20.8 Å². The molecule has 2 heterocycles. The first kappa shape index (κ1) is 14.3. The van der Waals surface area contributed by atoms with Crippen LogP contribution in [-0.2, 0) is 11.8 Å². The lowest BCUT2D eigenvalue weighted by Gasteiger charge is -2.36. The number of ether oxygens (including phenoxy) is 1. The minimum Gasteiger partial charge on any atom is -0.370 e. The van der Waals surface area contributed by atoms with Gasteiger partial charge >= 0.3 is 0 Å². The lowest BCUT2D eigenvalue weighted by atomic mass is 10.1. The van der Waals surface area contributed by atoms with Crippen molar-refractivity contribution in [2.75, 3.05) is 19.0 Å². The van der Waals surface area contributed by atoms with Gasteiger partial charge < -0.3 is 9.64 Å². The van der Waals surface area contributed by atoms with Gasteiger partial charge in [0.05, 0.1) is 29.3 Å². The summed E-state index contributed by atoms with van der Waals surface area (Å²) in [7, 11) is 1.85. The Balaban J connectivity index is 2.23. The number of carbonyl (C=O) groups is 1. The molecule has 1 fully saturated rings. The molecule has 19 heavy (non-hydrogen) atoms. The van der Waals surface area contributed by atoms with Crippen molar-refractivity contribution < 1.29 is 9.53 Å². The molecule has 0 aromatic carbocycles. The van der Waals surface area contributed by atoms with E-state index >= 15 is 0 Å². The summed E-state index contributed by atoms with van der Waals surface area (Å²) in [6, 6.07) is 0. The number of morpholine rings is 1. The molecule has 0 spiro atoms. The first-order chi connectivity index (χ1) is 8.93. The highest BCUT2D eigenvalue weighted by Gasteiger charge is 2.30. The Morgan fingerprint density at radius 1 is 1.47 bits per heavy atom. The molecule has 2 rings (SSSR count). The lowest BCUT2D eigenvalue weighted by Crippen LogP contribution is -2.50. The van der Waals surface area contributed by atoms with E-state index in [2.05, 4.69) is 5.10 Å². The molecule has 0 saturated carbocycles. The second-order valence-corrected chi connectivity index (χ2v) is 5.41. The van der Waals surface area contributed by atoms with Gasteiger partial charge in [0, 0.05) is 25.8 Å². The molecule has 1 saturated heterocycles. The average molecular weight is 286 g/mol. The predicted octanol–water partition coefficient (Wildman–Crippen LogP) is 1.51. The molecule has 106 valence electrons. The van der Waals surface area contributed by atoms with Crippen molar-refractivity contribution in [3.63, 3.8) is 0 Å². The summed E-state index contributed by atoms with van der Waals surface area (Å²) >= 11 is 5.85. The third-order valence-corrected chi connectivity index (χ3v) is 3.85. The standard InChI is InChI=1S/C13H20ClN3O2/c1-8-6-17(7-11(5-14)19-8)13(18)12-9(2)15-16(4)10(12)3/h8,11H,5-7H2,1-4H3. The molecule has 2 unspecified atom stereocenters. The van der Waals surface area contributed by atoms with Gasteiger partial charge in [0.25, 0.3) is 5.91 Å². The van der Waals surface area contributed by atoms with E-state index in [4.69, 9.17) is 16.3 Å². The van der Waals surface area contributed by atoms with Crippen LogP contribution in [0.25, 0.3) is 0 Å². The summed E-state index contributed by atoms with van der Waals surface area (Å²) in [5.74, 6) is 0.424. The third-order valence-electron chi connectivity index (χ3n) is 3.51. The van der Waals surface area contributed by atoms with Crippen molar-refractivity contribution in [3.05, 3.63) is 17.0 Å². The zero-order valence-corrected chi connectivity index (χ0v) is 12.6. The Hall–Kier alpha value is -1.07. The number of rotatable bonds is 2. The zero-order chi connectivity index (χ0) is 14.2. The quantitative estimate of drug-likeness (QED) is 0.774. The zero-order valence-electron chi connectivity index (χ0n) is 11.8. The van der Waals surface area contributed by atoms with Crippen LogP contribution in [0.2, 0.25) is 0 Å². The number of halogens is 1. The molecule has 0 bridgehead atoms. The molecule has 2 atom stereocenters. The third kappa shape index (κ3) is 2.77. The van der Waals surface area contributed by atoms with Gasteiger partial charge in [-0.15, -0.1) is 11.6 Å². The maximum Gasteiger partial charge on any atom is 0.257 e. The van der Waals surface area contributed by atoms with E-state index in [1.165, 1.54) is 0 Å². The normalized spacial score (nSPS) is 23.7. The fourth-order valence-electron chi connectivity index (χ4n) is 2.54. The Bertz CT molecular complexity index is 486. The van der Waals surface area contributed by atoms with Crippen LogP contribution in [0.15, 0.2) is 0 Å². The molecule has 1 aliphatic rings. The van der Waals surface area contributed by atoms with Crippen LogP contribution in [0.5, 0.6) is 0 Å². The average Bonchev–Trinajstić information content (AvgIpc) is 2.61. The number of aromatic nitrogens is 2. The fraction of sp³-hybridized carbons (Fsp3) is 0.692. The summed E-state index contributed by atoms with van der Waals surface area (Å²) in [4.78, 5) is 14.5. The Labute approximate surface area is 118 Å². The minimum absolute atomic E-state index is 0.0127. The second-order valence-electron chi connectivity index (χ2n) is 5.10. The van der Waals surface area contributed by atoms with E-state index in [1.54, 1.807) is 4.68 Å². The number of amides is 1. The van der Waals surface area contributed by atoms with Crippen LogP contribution >= 0.6 is 11.6 Å². The largest absolute Gasteiger partial charge is 0.370 e. The van der Waals surface area contributed by atoms with Crippen molar-refractivity contribution in [1.29, 1.82) is 0 Å². The molecule has 1 aliphatic heterocycles. The SMILES string of the molecule is Cc1nn(C)c(C)c1C(=O)N1CC(C)OC(CCl)C1. The number of aryl methyl sites for hydroxylation is 2. The van der Waals surface area contributed by atoms with Crippen LogP contribution < -0.4 is 0 Å². The first-order valence-corrected chi connectivity index (χ1v) is 6.98. The van der Waals surface area contributed by atoms with E-state index in [0.29, 0.717) is 24.5 Å². The molecule has 1 aromatic rings. The maximum absolute atomic E-state index is 12.6. The van der Waals surface area contributed by atoms with E-state index in [0.717, 1.165) is 11.4 Å². The van der Waals surface area contributed by atoms with Crippen LogP contribution in [0.1, 0.15) is 28.7 Å². The van der Waals surface area contributed by atoms with Crippen molar-refractivity contribution in [2.24, 2.45) is 7.05 Å². The van der Waals surface area contributed by atoms with Gasteiger partial charge in [0.15, 0.2) is 0 Å². The molecule has 6 heteroatoms. The number of carbonyl (C=O) groups excluding carboxylic acids is 1. The van der Waals surface area contributed by atoms with Crippen LogP contribution in [0.3, 0.4) is 0 Å². The number of alkyl halides is 1. The summed E-state index contributed by atoms with van der Waals surface area (Å²) in [6.45, 7) is 6.88. The van der Waals surface area contributed by atoms with Crippen molar-refractivity contribution in [3.8, 4) is 0 Å². The lowest BCUT2D eigenvalue weighted by molar-refractivity contribution is -0.0570. The summed E-state index contributed by atoms with van der Waals surface area (Å²) in [5.41, 5.74) is 2.36. The molecule has 1 amide bonds. The Morgan fingerprint density at radius 3 is 2.68 bits per heavy atom. The smallest absolute Gasteiger partial charge is 0.257 e. The maximum atomic E-state index is 12.6. The number of hydrogen-bond acceptors (Lipinski definition) is 3. The van der Waals surface area contributed by atoms with Gasteiger partial charge in [-0.2, -0.15) is 5.10 Å². The van der Waals surface area contributed by atoms with E-state index < -0.39 is 0 Å². The Kier molecular flexibility index (Phi) is 4.16. The van der Waals surface area contributed by atoms with Crippen molar-refractivity contribution >= 4 is 17.5 Å². The molecular formula is C13H20ClN3O2. The summed E-state index contributed by atoms with van der Waals surface area (Å²) < 4.78 is 7.41. The number of hydrogen-bond donors (Lipinski definition) is 0. The molecule has 5 nitrogen and oxygen atoms in total. The van der Waals surface area contributed by atoms with Gasteiger partial charge in [0.1, 0.15) is 0 Å². The highest BCUT2D eigenvalue weighted by molar-refractivity contribution is 6.18. The van der Waals surface area contributed by atoms with Crippen LogP contribution in [-0.4, -0.2) is 51.8 Å². The molecule has 0 aliphatic carbocycles. The highest BCUT2D eigenvalue weighted by atomic mass is 35.5. The van der Waals surface area contributed by atoms with Crippen molar-refractivity contribution in [2.45, 2.75) is 33.0 Å². The highest BCUT2D eigenvalue weighted by Crippen LogP contribution is 2.19. The molecular weight excluding hydrogens is 266 g/mol. The molecule has 0 radical (unpaired) electrons. The van der Waals surface area contributed by atoms with Gasteiger partial charge in [0.2, 0.25) is 0 Å². The van der Waals surface area contributed by atoms with Crippen LogP contribution in [0, 0.1) is 13.8 Å². The van der Waals surface area contributed by atoms with Gasteiger partial charge in [-0.25, -0.2) is 0 Å². The van der Waals surface area contributed by atoms with E-state index in [-0.39, 0.29) is 18.1 Å². The summed E-state index contributed by atoms with van der Waals surface area (Å²) in [5, 5.41) is 4.30. The molecule has 0 N–H and O–H groups in total. The van der Waals surface area contributed by atoms with Gasteiger partial charge in [-0.1, -0.05) is 0 Å². The van der Waals surface area contributed by atoms with Gasteiger partial charge in [-0.3, -0.25) is 9.48 Å². The minimum atomic E-state index is -0.0911. The fourth-order valence-corrected chi connectivity index (χ4v) is 2.71. The second kappa shape index (κ2) is 5.51. The Morgan fingerprint density at radius 2 is 2.16 bits per heavy atom. The first-order valence-electron chi connectivity index (χ1n) is 6.45. The topological polar surface area (TPSA) is 47.4 Å². The monoisotopic (exact) mass is 285 g/mol. The predicted molar refractivity (Wildman–Crippen MR) is 73.6 cm³/mol. The summed E-state index contributed by atoms with van der Waals surface area (Å²) in [6.07, 6.45) is -0.0783.